The molecule has 4 N–H and O–H groups in total. The van der Waals surface area contributed by atoms with E-state index in [0.717, 1.165) is 13.0 Å². The van der Waals surface area contributed by atoms with E-state index in [1.165, 1.54) is 11.0 Å². The molecule has 6 nitrogen and oxygen atoms in total. The molecule has 1 aromatic rings. The molecule has 0 radical (unpaired) electrons. The average Bonchev–Trinajstić information content (AvgIpc) is 2.92. The highest BCUT2D eigenvalue weighted by Crippen LogP contribution is 2.20. The van der Waals surface area contributed by atoms with Crippen LogP contribution in [0.25, 0.3) is 0 Å². The molecule has 20 heavy (non-hydrogen) atoms. The Hall–Kier alpha value is -2.08. The number of amides is 2. The Morgan fingerprint density at radius 1 is 1.50 bits per heavy atom. The molecule has 6 heteroatoms. The van der Waals surface area contributed by atoms with Crippen LogP contribution in [0.15, 0.2) is 18.2 Å². The Bertz CT molecular complexity index is 524. The number of primary amides is 1. The summed E-state index contributed by atoms with van der Waals surface area (Å²) in [7, 11) is 0. The lowest BCUT2D eigenvalue weighted by Crippen LogP contribution is -2.46. The smallest absolute Gasteiger partial charge is 0.254 e. The topological polar surface area (TPSA) is 95.7 Å². The summed E-state index contributed by atoms with van der Waals surface area (Å²) in [6.45, 7) is 3.11. The second-order valence-electron chi connectivity index (χ2n) is 5.05. The molecule has 0 aromatic heterocycles. The molecular weight excluding hydrogens is 258 g/mol. The van der Waals surface area contributed by atoms with Crippen molar-refractivity contribution in [3.63, 3.8) is 0 Å². The van der Waals surface area contributed by atoms with Gasteiger partial charge in [-0.2, -0.15) is 0 Å². The first kappa shape index (κ1) is 14.3. The lowest BCUT2D eigenvalue weighted by atomic mass is 10.1. The molecule has 1 aliphatic rings. The van der Waals surface area contributed by atoms with Crippen molar-refractivity contribution in [2.75, 3.05) is 19.6 Å². The van der Waals surface area contributed by atoms with E-state index in [1.807, 2.05) is 0 Å². The minimum Gasteiger partial charge on any atom is -0.508 e. The van der Waals surface area contributed by atoms with Crippen LogP contribution in [0.5, 0.6) is 5.75 Å². The summed E-state index contributed by atoms with van der Waals surface area (Å²) >= 11 is 0. The molecule has 1 saturated heterocycles. The van der Waals surface area contributed by atoms with Crippen LogP contribution in [0.1, 0.15) is 22.3 Å². The highest BCUT2D eigenvalue weighted by atomic mass is 16.3. The van der Waals surface area contributed by atoms with Crippen molar-refractivity contribution < 1.29 is 14.7 Å². The van der Waals surface area contributed by atoms with Gasteiger partial charge in [0.2, 0.25) is 5.91 Å². The number of nitrogens with two attached hydrogens (primary N) is 1. The third kappa shape index (κ3) is 3.08. The van der Waals surface area contributed by atoms with Gasteiger partial charge in [0.15, 0.2) is 0 Å². The highest BCUT2D eigenvalue weighted by molar-refractivity contribution is 5.97. The summed E-state index contributed by atoms with van der Waals surface area (Å²) in [4.78, 5) is 25.2. The van der Waals surface area contributed by atoms with E-state index >= 15 is 0 Å². The van der Waals surface area contributed by atoms with Crippen LogP contribution in [0, 0.1) is 6.92 Å². The molecule has 2 rings (SSSR count). The number of hydrogen-bond donors (Lipinski definition) is 3. The van der Waals surface area contributed by atoms with Gasteiger partial charge in [0.1, 0.15) is 5.75 Å². The van der Waals surface area contributed by atoms with Gasteiger partial charge in [-0.3, -0.25) is 9.59 Å². The summed E-state index contributed by atoms with van der Waals surface area (Å²) in [5.41, 5.74) is 6.29. The number of hydrogen-bond acceptors (Lipinski definition) is 4. The van der Waals surface area contributed by atoms with Crippen LogP contribution in [0.3, 0.4) is 0 Å². The normalized spacial score (nSPS) is 17.9. The highest BCUT2D eigenvalue weighted by Gasteiger charge is 2.28. The Labute approximate surface area is 117 Å². The first-order valence-electron chi connectivity index (χ1n) is 6.58. The van der Waals surface area contributed by atoms with Crippen molar-refractivity contribution in [2.45, 2.75) is 19.4 Å². The van der Waals surface area contributed by atoms with Crippen molar-refractivity contribution in [3.8, 4) is 5.75 Å². The quantitative estimate of drug-likeness (QED) is 0.721. The molecule has 0 aliphatic carbocycles. The second-order valence-corrected chi connectivity index (χ2v) is 5.05. The second kappa shape index (κ2) is 5.92. The zero-order valence-corrected chi connectivity index (χ0v) is 11.4. The molecular formula is C14H19N3O3. The molecule has 0 bridgehead atoms. The van der Waals surface area contributed by atoms with E-state index in [1.54, 1.807) is 19.1 Å². The van der Waals surface area contributed by atoms with Gasteiger partial charge in [-0.05, 0) is 37.6 Å². The maximum absolute atomic E-state index is 12.5. The molecule has 1 fully saturated rings. The van der Waals surface area contributed by atoms with Gasteiger partial charge < -0.3 is 21.1 Å². The van der Waals surface area contributed by atoms with Crippen LogP contribution >= 0.6 is 0 Å². The summed E-state index contributed by atoms with van der Waals surface area (Å²) in [5.74, 6) is -0.756. The summed E-state index contributed by atoms with van der Waals surface area (Å²) in [6.07, 6.45) is 0.789. The fraction of sp³-hybridized carbons (Fsp3) is 0.429. The Balaban J connectivity index is 2.24. The number of nitrogens with one attached hydrogen (secondary N) is 1. The molecule has 0 spiro atoms. The van der Waals surface area contributed by atoms with E-state index < -0.39 is 5.91 Å². The molecule has 1 unspecified atom stereocenters. The summed E-state index contributed by atoms with van der Waals surface area (Å²) in [5, 5.41) is 12.9. The van der Waals surface area contributed by atoms with Crippen LogP contribution < -0.4 is 11.1 Å². The summed E-state index contributed by atoms with van der Waals surface area (Å²) < 4.78 is 0. The van der Waals surface area contributed by atoms with Gasteiger partial charge in [0.05, 0.1) is 6.54 Å². The van der Waals surface area contributed by atoms with Gasteiger partial charge in [-0.1, -0.05) is 6.07 Å². The first-order chi connectivity index (χ1) is 9.49. The zero-order valence-electron chi connectivity index (χ0n) is 11.4. The average molecular weight is 277 g/mol. The van der Waals surface area contributed by atoms with E-state index in [2.05, 4.69) is 5.32 Å². The van der Waals surface area contributed by atoms with Crippen molar-refractivity contribution >= 4 is 11.8 Å². The van der Waals surface area contributed by atoms with Gasteiger partial charge in [0.25, 0.3) is 5.91 Å². The predicted molar refractivity (Wildman–Crippen MR) is 74.3 cm³/mol. The number of phenols is 1. The fourth-order valence-corrected chi connectivity index (χ4v) is 2.35. The van der Waals surface area contributed by atoms with Gasteiger partial charge in [-0.15, -0.1) is 0 Å². The first-order valence-corrected chi connectivity index (χ1v) is 6.58. The van der Waals surface area contributed by atoms with E-state index in [4.69, 9.17) is 5.73 Å². The minimum absolute atomic E-state index is 0.0431. The van der Waals surface area contributed by atoms with E-state index in [-0.39, 0.29) is 24.2 Å². The van der Waals surface area contributed by atoms with Crippen LogP contribution in [-0.4, -0.2) is 47.5 Å². The van der Waals surface area contributed by atoms with E-state index in [9.17, 15) is 14.7 Å². The van der Waals surface area contributed by atoms with Gasteiger partial charge in [0, 0.05) is 18.2 Å². The fourth-order valence-electron chi connectivity index (χ4n) is 2.35. The molecule has 0 saturated carbocycles. The molecule has 1 atom stereocenters. The van der Waals surface area contributed by atoms with Crippen molar-refractivity contribution in [3.05, 3.63) is 29.3 Å². The third-order valence-electron chi connectivity index (χ3n) is 3.52. The van der Waals surface area contributed by atoms with Gasteiger partial charge in [-0.25, -0.2) is 0 Å². The molecule has 108 valence electrons. The number of carbonyl (C=O) groups excluding carboxylic acids is 2. The molecule has 2 amide bonds. The van der Waals surface area contributed by atoms with Crippen molar-refractivity contribution in [2.24, 2.45) is 5.73 Å². The van der Waals surface area contributed by atoms with Crippen LogP contribution in [0.4, 0.5) is 0 Å². The minimum atomic E-state index is -0.540. The lowest BCUT2D eigenvalue weighted by molar-refractivity contribution is -0.119. The molecule has 1 aromatic carbocycles. The number of carbonyl (C=O) groups is 2. The Kier molecular flexibility index (Phi) is 4.24. The number of nitrogens with zero attached hydrogens (tertiary/aromatic N) is 1. The maximum atomic E-state index is 12.5. The molecule has 1 heterocycles. The van der Waals surface area contributed by atoms with Gasteiger partial charge >= 0.3 is 0 Å². The monoisotopic (exact) mass is 277 g/mol. The Morgan fingerprint density at radius 3 is 2.80 bits per heavy atom. The predicted octanol–water partition coefficient (Wildman–Crippen LogP) is -0.00998. The molecule has 1 aliphatic heterocycles. The van der Waals surface area contributed by atoms with Crippen molar-refractivity contribution in [1.82, 2.24) is 10.2 Å². The number of benzene rings is 1. The number of phenolic OH excluding ortho intramolecular Hbond substituents is 1. The van der Waals surface area contributed by atoms with Crippen LogP contribution in [-0.2, 0) is 4.79 Å². The van der Waals surface area contributed by atoms with Crippen molar-refractivity contribution in [1.29, 1.82) is 0 Å². The SMILES string of the molecule is Cc1ccc(C(=O)N(CC(N)=O)C2CCNC2)cc1O. The van der Waals surface area contributed by atoms with Crippen LogP contribution in [0.2, 0.25) is 0 Å². The maximum Gasteiger partial charge on any atom is 0.254 e. The Morgan fingerprint density at radius 2 is 2.25 bits per heavy atom. The number of aromatic hydroxyl groups is 1. The lowest BCUT2D eigenvalue weighted by Gasteiger charge is -2.27. The largest absolute Gasteiger partial charge is 0.508 e. The van der Waals surface area contributed by atoms with E-state index in [0.29, 0.717) is 17.7 Å². The standard InChI is InChI=1S/C14H19N3O3/c1-9-2-3-10(6-12(9)18)14(20)17(8-13(15)19)11-4-5-16-7-11/h2-3,6,11,16,18H,4-5,7-8H2,1H3,(H2,15,19). The number of rotatable bonds is 4. The zero-order chi connectivity index (χ0) is 14.7. The third-order valence-corrected chi connectivity index (χ3v) is 3.52. The summed E-state index contributed by atoms with van der Waals surface area (Å²) in [6, 6.07) is 4.71. The number of aryl methyl sites for hydroxylation is 1.